The van der Waals surface area contributed by atoms with Crippen LogP contribution in [0.4, 0.5) is 0 Å². The molecule has 3 atom stereocenters. The van der Waals surface area contributed by atoms with Gasteiger partial charge in [-0.05, 0) is 61.4 Å². The molecule has 0 saturated heterocycles. The van der Waals surface area contributed by atoms with E-state index in [0.29, 0.717) is 19.3 Å². The second-order valence-corrected chi connectivity index (χ2v) is 8.60. The zero-order valence-corrected chi connectivity index (χ0v) is 17.7. The first-order chi connectivity index (χ1) is 14.7. The van der Waals surface area contributed by atoms with Gasteiger partial charge in [0, 0.05) is 18.4 Å². The zero-order chi connectivity index (χ0) is 20.7. The van der Waals surface area contributed by atoms with Crippen LogP contribution < -0.4 is 14.2 Å². The Labute approximate surface area is 177 Å². The molecule has 2 aliphatic carbocycles. The summed E-state index contributed by atoms with van der Waals surface area (Å²) in [6.45, 7) is 3.48. The summed E-state index contributed by atoms with van der Waals surface area (Å²) in [4.78, 5) is 15.7. The molecular formula is C25H29NO4. The Hall–Kier alpha value is -2.69. The molecule has 5 rings (SSSR count). The van der Waals surface area contributed by atoms with Gasteiger partial charge in [-0.15, -0.1) is 0 Å². The third-order valence-corrected chi connectivity index (χ3v) is 6.51. The quantitative estimate of drug-likeness (QED) is 0.696. The fraction of sp³-hybridized carbons (Fsp3) is 0.480. The van der Waals surface area contributed by atoms with E-state index >= 15 is 0 Å². The number of hydrogen-bond donors (Lipinski definition) is 0. The van der Waals surface area contributed by atoms with Crippen molar-refractivity contribution in [3.05, 3.63) is 53.6 Å². The van der Waals surface area contributed by atoms with E-state index in [4.69, 9.17) is 14.2 Å². The van der Waals surface area contributed by atoms with Gasteiger partial charge in [0.15, 0.2) is 11.5 Å². The molecule has 2 saturated carbocycles. The standard InChI is InChI=1S/C25H29NO4/c1-16(17-8-11-23-24(14-17)30-13-5-12-29-23)26(18-9-10-18)25(27)21-15-20(21)19-6-3-4-7-22(19)28-2/h3-4,6-8,11,14,16,18,20-21H,5,9-10,12-13,15H2,1-2H3/t16-,20+,21-/m1/s1. The molecule has 2 aromatic rings. The summed E-state index contributed by atoms with van der Waals surface area (Å²) in [6.07, 6.45) is 3.97. The number of rotatable bonds is 6. The molecule has 2 fully saturated rings. The van der Waals surface area contributed by atoms with Crippen molar-refractivity contribution in [2.24, 2.45) is 5.92 Å². The Morgan fingerprint density at radius 1 is 1.10 bits per heavy atom. The number of benzene rings is 2. The van der Waals surface area contributed by atoms with Crippen molar-refractivity contribution in [1.82, 2.24) is 4.90 Å². The highest BCUT2D eigenvalue weighted by molar-refractivity contribution is 5.84. The van der Waals surface area contributed by atoms with Crippen molar-refractivity contribution in [3.8, 4) is 17.2 Å². The Morgan fingerprint density at radius 2 is 1.87 bits per heavy atom. The number of methoxy groups -OCH3 is 1. The predicted octanol–water partition coefficient (Wildman–Crippen LogP) is 4.71. The second kappa shape index (κ2) is 7.86. The smallest absolute Gasteiger partial charge is 0.227 e. The summed E-state index contributed by atoms with van der Waals surface area (Å²) in [5.74, 6) is 3.04. The third kappa shape index (κ3) is 3.62. The third-order valence-electron chi connectivity index (χ3n) is 6.51. The minimum Gasteiger partial charge on any atom is -0.496 e. The molecule has 0 unspecified atom stereocenters. The van der Waals surface area contributed by atoms with Crippen molar-refractivity contribution >= 4 is 5.91 Å². The number of fused-ring (bicyclic) bond motifs is 1. The fourth-order valence-electron chi connectivity index (χ4n) is 4.62. The second-order valence-electron chi connectivity index (χ2n) is 8.60. The van der Waals surface area contributed by atoms with Crippen molar-refractivity contribution < 1.29 is 19.0 Å². The van der Waals surface area contributed by atoms with Crippen LogP contribution in [0.2, 0.25) is 0 Å². The van der Waals surface area contributed by atoms with Gasteiger partial charge in [-0.1, -0.05) is 24.3 Å². The lowest BCUT2D eigenvalue weighted by Gasteiger charge is -2.30. The zero-order valence-electron chi connectivity index (χ0n) is 17.7. The summed E-state index contributed by atoms with van der Waals surface area (Å²) in [6, 6.07) is 14.5. The largest absolute Gasteiger partial charge is 0.496 e. The number of hydrogen-bond acceptors (Lipinski definition) is 4. The first kappa shape index (κ1) is 19.3. The normalized spacial score (nSPS) is 23.3. The Morgan fingerprint density at radius 3 is 2.63 bits per heavy atom. The molecule has 0 bridgehead atoms. The van der Waals surface area contributed by atoms with Crippen LogP contribution in [0.1, 0.15) is 55.7 Å². The predicted molar refractivity (Wildman–Crippen MR) is 114 cm³/mol. The lowest BCUT2D eigenvalue weighted by Crippen LogP contribution is -2.37. The molecular weight excluding hydrogens is 378 g/mol. The van der Waals surface area contributed by atoms with Crippen LogP contribution in [-0.2, 0) is 4.79 Å². The maximum Gasteiger partial charge on any atom is 0.227 e. The minimum absolute atomic E-state index is 0.0149. The van der Waals surface area contributed by atoms with Gasteiger partial charge < -0.3 is 19.1 Å². The van der Waals surface area contributed by atoms with Crippen LogP contribution >= 0.6 is 0 Å². The van der Waals surface area contributed by atoms with Crippen LogP contribution in [0.3, 0.4) is 0 Å². The maximum absolute atomic E-state index is 13.6. The van der Waals surface area contributed by atoms with Crippen LogP contribution in [0, 0.1) is 5.92 Å². The van der Waals surface area contributed by atoms with E-state index in [-0.39, 0.29) is 23.8 Å². The fourth-order valence-corrected chi connectivity index (χ4v) is 4.62. The van der Waals surface area contributed by atoms with Crippen molar-refractivity contribution in [1.29, 1.82) is 0 Å². The highest BCUT2D eigenvalue weighted by atomic mass is 16.5. The molecule has 3 aliphatic rings. The molecule has 30 heavy (non-hydrogen) atoms. The summed E-state index contributed by atoms with van der Waals surface area (Å²) in [5, 5.41) is 0. The summed E-state index contributed by atoms with van der Waals surface area (Å²) < 4.78 is 17.2. The number of nitrogens with zero attached hydrogens (tertiary/aromatic N) is 1. The lowest BCUT2D eigenvalue weighted by atomic mass is 10.0. The van der Waals surface area contributed by atoms with Crippen LogP contribution in [0.15, 0.2) is 42.5 Å². The molecule has 0 aromatic heterocycles. The maximum atomic E-state index is 13.6. The van der Waals surface area contributed by atoms with Gasteiger partial charge in [0.2, 0.25) is 5.91 Å². The topological polar surface area (TPSA) is 48.0 Å². The van der Waals surface area contributed by atoms with E-state index in [0.717, 1.165) is 54.1 Å². The van der Waals surface area contributed by atoms with E-state index < -0.39 is 0 Å². The van der Waals surface area contributed by atoms with E-state index in [1.807, 2.05) is 24.3 Å². The Kier molecular flexibility index (Phi) is 5.05. The molecule has 0 N–H and O–H groups in total. The number of amides is 1. The van der Waals surface area contributed by atoms with E-state index in [2.05, 4.69) is 30.0 Å². The van der Waals surface area contributed by atoms with E-state index in [9.17, 15) is 4.79 Å². The summed E-state index contributed by atoms with van der Waals surface area (Å²) in [7, 11) is 1.70. The average molecular weight is 408 g/mol. The van der Waals surface area contributed by atoms with Gasteiger partial charge in [0.1, 0.15) is 5.75 Å². The molecule has 1 amide bonds. The van der Waals surface area contributed by atoms with Crippen LogP contribution in [0.5, 0.6) is 17.2 Å². The average Bonchev–Trinajstić information content (AvgIpc) is 3.66. The number of para-hydroxylation sites is 1. The Balaban J connectivity index is 1.36. The Bertz CT molecular complexity index is 938. The summed E-state index contributed by atoms with van der Waals surface area (Å²) >= 11 is 0. The van der Waals surface area contributed by atoms with E-state index in [1.54, 1.807) is 7.11 Å². The first-order valence-electron chi connectivity index (χ1n) is 11.0. The summed E-state index contributed by atoms with van der Waals surface area (Å²) in [5.41, 5.74) is 2.26. The van der Waals surface area contributed by atoms with Gasteiger partial charge in [0.25, 0.3) is 0 Å². The highest BCUT2D eigenvalue weighted by Crippen LogP contribution is 2.53. The minimum atomic E-state index is 0.0149. The molecule has 5 heteroatoms. The molecule has 0 spiro atoms. The highest BCUT2D eigenvalue weighted by Gasteiger charge is 2.50. The first-order valence-corrected chi connectivity index (χ1v) is 11.0. The molecule has 5 nitrogen and oxygen atoms in total. The molecule has 1 heterocycles. The van der Waals surface area contributed by atoms with Crippen molar-refractivity contribution in [2.45, 2.75) is 50.6 Å². The molecule has 1 aliphatic heterocycles. The van der Waals surface area contributed by atoms with Gasteiger partial charge >= 0.3 is 0 Å². The number of ether oxygens (including phenoxy) is 3. The van der Waals surface area contributed by atoms with Crippen molar-refractivity contribution in [2.75, 3.05) is 20.3 Å². The van der Waals surface area contributed by atoms with Gasteiger partial charge in [-0.25, -0.2) is 0 Å². The van der Waals surface area contributed by atoms with Gasteiger partial charge in [-0.2, -0.15) is 0 Å². The monoisotopic (exact) mass is 407 g/mol. The SMILES string of the molecule is COc1ccccc1[C@@H]1C[C@H]1C(=O)N(C1CC1)[C@H](C)c1ccc2c(c1)OCCCO2. The molecule has 0 radical (unpaired) electrons. The van der Waals surface area contributed by atoms with Crippen LogP contribution in [-0.4, -0.2) is 37.2 Å². The van der Waals surface area contributed by atoms with Gasteiger partial charge in [-0.3, -0.25) is 4.79 Å². The molecule has 2 aromatic carbocycles. The van der Waals surface area contributed by atoms with E-state index in [1.165, 1.54) is 0 Å². The van der Waals surface area contributed by atoms with Gasteiger partial charge in [0.05, 0.1) is 26.4 Å². The van der Waals surface area contributed by atoms with Crippen molar-refractivity contribution in [3.63, 3.8) is 0 Å². The number of carbonyl (C=O) groups excluding carboxylic acids is 1. The number of carbonyl (C=O) groups is 1. The molecule has 158 valence electrons. The lowest BCUT2D eigenvalue weighted by molar-refractivity contribution is -0.135. The van der Waals surface area contributed by atoms with Crippen LogP contribution in [0.25, 0.3) is 0 Å².